The number of esters is 1. The Balaban J connectivity index is 2.74. The molecule has 0 bridgehead atoms. The lowest BCUT2D eigenvalue weighted by atomic mass is 10.0. The van der Waals surface area contributed by atoms with Crippen LogP contribution >= 0.6 is 0 Å². The third-order valence-electron chi connectivity index (χ3n) is 2.90. The number of fused-ring (bicyclic) bond motifs is 1. The fourth-order valence-electron chi connectivity index (χ4n) is 2.07. The van der Waals surface area contributed by atoms with Crippen LogP contribution in [0.5, 0.6) is 5.75 Å². The third-order valence-corrected chi connectivity index (χ3v) is 2.90. The number of ether oxygens (including phenoxy) is 1. The molecule has 0 radical (unpaired) electrons. The fraction of sp³-hybridized carbons (Fsp3) is 0.286. The number of halogens is 3. The zero-order valence-corrected chi connectivity index (χ0v) is 11.4. The zero-order valence-electron chi connectivity index (χ0n) is 11.4. The maximum absolute atomic E-state index is 13.3. The highest BCUT2D eigenvalue weighted by atomic mass is 19.4. The highest BCUT2D eigenvalue weighted by molar-refractivity contribution is 5.84. The summed E-state index contributed by atoms with van der Waals surface area (Å²) in [4.78, 5) is 23.2. The first-order chi connectivity index (χ1) is 10.2. The molecule has 1 aromatic carbocycles. The highest BCUT2D eigenvalue weighted by Crippen LogP contribution is 2.37. The van der Waals surface area contributed by atoms with E-state index in [0.717, 1.165) is 18.2 Å². The molecular weight excluding hydrogens is 305 g/mol. The number of rotatable bonds is 3. The maximum atomic E-state index is 13.3. The van der Waals surface area contributed by atoms with Crippen LogP contribution in [0.25, 0.3) is 11.0 Å². The minimum atomic E-state index is -4.87. The van der Waals surface area contributed by atoms with E-state index in [4.69, 9.17) is 4.42 Å². The number of carbonyl (C=O) groups is 1. The maximum Gasteiger partial charge on any atom is 0.417 e. The summed E-state index contributed by atoms with van der Waals surface area (Å²) in [5, 5.41) is 8.87. The average molecular weight is 316 g/mol. The highest BCUT2D eigenvalue weighted by Gasteiger charge is 2.38. The molecule has 0 amide bonds. The molecule has 0 aliphatic heterocycles. The van der Waals surface area contributed by atoms with Gasteiger partial charge in [-0.25, -0.2) is 4.79 Å². The number of aromatic hydroxyl groups is 1. The molecule has 0 aliphatic rings. The van der Waals surface area contributed by atoms with Gasteiger partial charge in [0, 0.05) is 11.5 Å². The lowest BCUT2D eigenvalue weighted by Gasteiger charge is -2.14. The summed E-state index contributed by atoms with van der Waals surface area (Å²) in [6, 6.07) is 2.91. The van der Waals surface area contributed by atoms with Gasteiger partial charge in [0.15, 0.2) is 0 Å². The Morgan fingerprint density at radius 2 is 2.05 bits per heavy atom. The van der Waals surface area contributed by atoms with E-state index in [0.29, 0.717) is 0 Å². The normalized spacial score (nSPS) is 11.6. The van der Waals surface area contributed by atoms with Gasteiger partial charge in [-0.3, -0.25) is 4.79 Å². The number of hydrogen-bond donors (Lipinski definition) is 1. The molecular formula is C14H11F3O5. The van der Waals surface area contributed by atoms with Crippen molar-refractivity contribution in [1.29, 1.82) is 0 Å². The van der Waals surface area contributed by atoms with E-state index in [1.165, 1.54) is 6.92 Å². The van der Waals surface area contributed by atoms with Crippen molar-refractivity contribution in [2.45, 2.75) is 19.5 Å². The van der Waals surface area contributed by atoms with E-state index in [9.17, 15) is 27.9 Å². The van der Waals surface area contributed by atoms with E-state index in [2.05, 4.69) is 4.74 Å². The molecule has 22 heavy (non-hydrogen) atoms. The van der Waals surface area contributed by atoms with Gasteiger partial charge in [0.2, 0.25) is 0 Å². The molecule has 118 valence electrons. The number of carbonyl (C=O) groups excluding carboxylic acids is 1. The Bertz CT molecular complexity index is 776. The molecule has 0 saturated heterocycles. The first kappa shape index (κ1) is 15.9. The summed E-state index contributed by atoms with van der Waals surface area (Å²) in [6.07, 6.45) is -5.71. The van der Waals surface area contributed by atoms with Crippen molar-refractivity contribution < 1.29 is 32.2 Å². The van der Waals surface area contributed by atoms with Crippen molar-refractivity contribution >= 4 is 16.9 Å². The quantitative estimate of drug-likeness (QED) is 0.696. The average Bonchev–Trinajstić information content (AvgIpc) is 2.38. The first-order valence-electron chi connectivity index (χ1n) is 6.25. The Labute approximate surface area is 121 Å². The third kappa shape index (κ3) is 3.05. The predicted octanol–water partition coefficient (Wildman–Crippen LogP) is 2.62. The number of phenolic OH excluding ortho intramolecular Hbond substituents is 1. The molecule has 0 spiro atoms. The summed E-state index contributed by atoms with van der Waals surface area (Å²) >= 11 is 0. The predicted molar refractivity (Wildman–Crippen MR) is 69.5 cm³/mol. The minimum Gasteiger partial charge on any atom is -0.508 e. The summed E-state index contributed by atoms with van der Waals surface area (Å²) in [5.74, 6) is -1.31. The summed E-state index contributed by atoms with van der Waals surface area (Å²) < 4.78 is 49.2. The van der Waals surface area contributed by atoms with Crippen LogP contribution in [0.4, 0.5) is 13.2 Å². The monoisotopic (exact) mass is 316 g/mol. The minimum absolute atomic E-state index is 0.0209. The molecule has 0 saturated carbocycles. The molecule has 2 aromatic rings. The van der Waals surface area contributed by atoms with E-state index < -0.39 is 46.3 Å². The molecule has 0 aliphatic carbocycles. The van der Waals surface area contributed by atoms with E-state index in [-0.39, 0.29) is 12.4 Å². The summed E-state index contributed by atoms with van der Waals surface area (Å²) in [7, 11) is 0. The summed E-state index contributed by atoms with van der Waals surface area (Å²) in [6.45, 7) is 1.47. The molecule has 2 rings (SSSR count). The van der Waals surface area contributed by atoms with Crippen LogP contribution < -0.4 is 5.63 Å². The second-order valence-corrected chi connectivity index (χ2v) is 4.40. The molecule has 1 aromatic heterocycles. The number of phenols is 1. The first-order valence-corrected chi connectivity index (χ1v) is 6.25. The van der Waals surface area contributed by atoms with Crippen LogP contribution in [-0.4, -0.2) is 17.7 Å². The van der Waals surface area contributed by atoms with Gasteiger partial charge < -0.3 is 14.3 Å². The van der Waals surface area contributed by atoms with Crippen molar-refractivity contribution in [2.75, 3.05) is 6.61 Å². The van der Waals surface area contributed by atoms with E-state index in [1.54, 1.807) is 0 Å². The van der Waals surface area contributed by atoms with Crippen LogP contribution in [0.1, 0.15) is 18.1 Å². The molecule has 0 atom stereocenters. The Kier molecular flexibility index (Phi) is 4.11. The van der Waals surface area contributed by atoms with Gasteiger partial charge in [0.05, 0.1) is 24.2 Å². The van der Waals surface area contributed by atoms with Gasteiger partial charge in [-0.15, -0.1) is 0 Å². The second kappa shape index (κ2) is 5.70. The number of alkyl halides is 3. The Morgan fingerprint density at radius 1 is 1.36 bits per heavy atom. The lowest BCUT2D eigenvalue weighted by Crippen LogP contribution is -2.22. The second-order valence-electron chi connectivity index (χ2n) is 4.40. The van der Waals surface area contributed by atoms with Gasteiger partial charge in [0.25, 0.3) is 0 Å². The Morgan fingerprint density at radius 3 is 2.64 bits per heavy atom. The lowest BCUT2D eigenvalue weighted by molar-refractivity contribution is -0.143. The van der Waals surface area contributed by atoms with Crippen LogP contribution in [-0.2, 0) is 22.1 Å². The molecule has 0 unspecified atom stereocenters. The molecule has 1 heterocycles. The van der Waals surface area contributed by atoms with Crippen LogP contribution in [0.3, 0.4) is 0 Å². The summed E-state index contributed by atoms with van der Waals surface area (Å²) in [5.41, 5.74) is -3.78. The van der Waals surface area contributed by atoms with Crippen molar-refractivity contribution in [3.05, 3.63) is 39.7 Å². The standard InChI is InChI=1S/C14H11F3O5/c1-2-21-11(19)6-9-12(14(15,16)17)8-4-3-7(18)5-10(8)22-13(9)20/h3-5,18H,2,6H2,1H3. The van der Waals surface area contributed by atoms with Gasteiger partial charge in [0.1, 0.15) is 11.3 Å². The Hall–Kier alpha value is -2.51. The molecule has 5 nitrogen and oxygen atoms in total. The molecule has 1 N–H and O–H groups in total. The number of hydrogen-bond acceptors (Lipinski definition) is 5. The largest absolute Gasteiger partial charge is 0.508 e. The van der Waals surface area contributed by atoms with Gasteiger partial charge in [-0.1, -0.05) is 0 Å². The topological polar surface area (TPSA) is 76.7 Å². The van der Waals surface area contributed by atoms with Gasteiger partial charge in [-0.2, -0.15) is 13.2 Å². The van der Waals surface area contributed by atoms with Crippen LogP contribution in [0.2, 0.25) is 0 Å². The molecule has 8 heteroatoms. The smallest absolute Gasteiger partial charge is 0.417 e. The van der Waals surface area contributed by atoms with Gasteiger partial charge >= 0.3 is 17.8 Å². The fourth-order valence-corrected chi connectivity index (χ4v) is 2.07. The zero-order chi connectivity index (χ0) is 16.5. The van der Waals surface area contributed by atoms with Crippen LogP contribution in [0.15, 0.2) is 27.4 Å². The molecule has 0 fully saturated rings. The van der Waals surface area contributed by atoms with Gasteiger partial charge in [-0.05, 0) is 19.1 Å². The van der Waals surface area contributed by atoms with Crippen molar-refractivity contribution in [1.82, 2.24) is 0 Å². The van der Waals surface area contributed by atoms with Crippen molar-refractivity contribution in [2.24, 2.45) is 0 Å². The van der Waals surface area contributed by atoms with Crippen molar-refractivity contribution in [3.8, 4) is 5.75 Å². The van der Waals surface area contributed by atoms with Crippen LogP contribution in [0, 0.1) is 0 Å². The van der Waals surface area contributed by atoms with E-state index in [1.807, 2.05) is 0 Å². The van der Waals surface area contributed by atoms with Crippen molar-refractivity contribution in [3.63, 3.8) is 0 Å². The number of benzene rings is 1. The SMILES string of the molecule is CCOC(=O)Cc1c(C(F)(F)F)c2ccc(O)cc2oc1=O. The van der Waals surface area contributed by atoms with E-state index >= 15 is 0 Å².